The number of imidazole rings is 1. The van der Waals surface area contributed by atoms with Gasteiger partial charge in [-0.2, -0.15) is 0 Å². The van der Waals surface area contributed by atoms with Crippen LogP contribution in [0.15, 0.2) is 82.1 Å². The number of rotatable bonds is 6. The van der Waals surface area contributed by atoms with E-state index >= 15 is 0 Å². The fraction of sp³-hybridized carbons (Fsp3) is 0.324. The molecule has 0 spiro atoms. The third-order valence-electron chi connectivity index (χ3n) is 9.30. The first-order valence-corrected chi connectivity index (χ1v) is 16.3. The third kappa shape index (κ3) is 5.37. The Morgan fingerprint density at radius 3 is 2.32 bits per heavy atom. The van der Waals surface area contributed by atoms with Gasteiger partial charge in [-0.05, 0) is 95.6 Å². The second-order valence-electron chi connectivity index (χ2n) is 11.9. The van der Waals surface area contributed by atoms with Crippen molar-refractivity contribution in [1.29, 1.82) is 0 Å². The number of aromatic nitrogens is 2. The minimum atomic E-state index is -0.363. The number of piperidine rings is 2. The van der Waals surface area contributed by atoms with Crippen molar-refractivity contribution in [3.8, 4) is 5.69 Å². The molecule has 4 heterocycles. The molecule has 10 heteroatoms. The molecule has 0 unspecified atom stereocenters. The van der Waals surface area contributed by atoms with Crippen LogP contribution in [0, 0.1) is 5.92 Å². The van der Waals surface area contributed by atoms with E-state index in [-0.39, 0.29) is 36.3 Å². The molecule has 3 aromatic carbocycles. The van der Waals surface area contributed by atoms with Crippen molar-refractivity contribution < 1.29 is 9.59 Å². The molecule has 8 nitrogen and oxygen atoms in total. The Morgan fingerprint density at radius 1 is 0.909 bits per heavy atom. The quantitative estimate of drug-likeness (QED) is 0.272. The molecule has 2 bridgehead atoms. The Bertz CT molecular complexity index is 1780. The largest absolute Gasteiger partial charge is 0.368 e. The lowest BCUT2D eigenvalue weighted by molar-refractivity contribution is 0.0706. The predicted octanol–water partition coefficient (Wildman–Crippen LogP) is 6.02. The topological polar surface area (TPSA) is 79.6 Å². The van der Waals surface area contributed by atoms with Crippen molar-refractivity contribution in [3.63, 3.8) is 0 Å². The van der Waals surface area contributed by atoms with Crippen molar-refractivity contribution in [2.75, 3.05) is 18.0 Å². The van der Waals surface area contributed by atoms with Gasteiger partial charge in [0, 0.05) is 47.9 Å². The molecule has 44 heavy (non-hydrogen) atoms. The molecule has 4 aliphatic rings. The van der Waals surface area contributed by atoms with E-state index in [0.717, 1.165) is 23.7 Å². The van der Waals surface area contributed by atoms with E-state index < -0.39 is 0 Å². The standard InChI is InChI=1S/C34H33BrClN5O3/c35-28-15-8-24(18-29(28)36)33(43)38-16-17-39-30(21-38)31(32(42)37-19-22-4-2-1-3-5-22)41(34(39)44)27-13-11-26(12-14-27)40-20-23-6-9-25(40)10-7-23/h1-5,8,11-15,18,23,25H,6-7,9-10,16-17,19-21H2,(H,37,42). The van der Waals surface area contributed by atoms with E-state index in [1.807, 2.05) is 42.5 Å². The van der Waals surface area contributed by atoms with Crippen LogP contribution in [0.1, 0.15) is 57.8 Å². The lowest BCUT2D eigenvalue weighted by atomic mass is 9.80. The number of carbonyl (C=O) groups excluding carboxylic acids is 2. The maximum atomic E-state index is 13.9. The van der Waals surface area contributed by atoms with Crippen LogP contribution in [-0.2, 0) is 19.6 Å². The summed E-state index contributed by atoms with van der Waals surface area (Å²) in [6, 6.07) is 23.3. The summed E-state index contributed by atoms with van der Waals surface area (Å²) in [6.45, 7) is 2.13. The van der Waals surface area contributed by atoms with Crippen LogP contribution in [0.4, 0.5) is 5.69 Å². The number of fused-ring (bicyclic) bond motifs is 4. The van der Waals surface area contributed by atoms with Crippen molar-refractivity contribution in [2.24, 2.45) is 5.92 Å². The Kier molecular flexibility index (Phi) is 7.84. The highest BCUT2D eigenvalue weighted by Gasteiger charge is 2.35. The van der Waals surface area contributed by atoms with Gasteiger partial charge in [0.1, 0.15) is 5.69 Å². The Morgan fingerprint density at radius 2 is 1.64 bits per heavy atom. The third-order valence-corrected chi connectivity index (χ3v) is 10.5. The van der Waals surface area contributed by atoms with Crippen molar-refractivity contribution >= 4 is 45.0 Å². The summed E-state index contributed by atoms with van der Waals surface area (Å²) in [5.41, 5.74) is 3.67. The summed E-state index contributed by atoms with van der Waals surface area (Å²) in [5.74, 6) is 0.180. The minimum absolute atomic E-state index is 0.123. The fourth-order valence-corrected chi connectivity index (χ4v) is 7.38. The van der Waals surface area contributed by atoms with E-state index in [9.17, 15) is 14.4 Å². The van der Waals surface area contributed by atoms with Gasteiger partial charge >= 0.3 is 5.69 Å². The van der Waals surface area contributed by atoms with E-state index in [2.05, 4.69) is 38.3 Å². The van der Waals surface area contributed by atoms with Crippen LogP contribution in [0.2, 0.25) is 5.02 Å². The smallest absolute Gasteiger partial charge is 0.333 e. The monoisotopic (exact) mass is 673 g/mol. The summed E-state index contributed by atoms with van der Waals surface area (Å²) in [5, 5.41) is 3.46. The van der Waals surface area contributed by atoms with Gasteiger partial charge in [0.15, 0.2) is 0 Å². The lowest BCUT2D eigenvalue weighted by Gasteiger charge is -2.46. The maximum absolute atomic E-state index is 13.9. The molecule has 2 amide bonds. The first-order valence-electron chi connectivity index (χ1n) is 15.2. The van der Waals surface area contributed by atoms with Crippen LogP contribution in [-0.4, -0.2) is 45.0 Å². The first kappa shape index (κ1) is 28.9. The van der Waals surface area contributed by atoms with Crippen molar-refractivity contribution in [3.05, 3.63) is 115 Å². The SMILES string of the molecule is O=C(NCc1ccccc1)c1c2n(c(=O)n1-c1ccc(N3CC4CCC3CC4)cc1)CCN(C(=O)c1ccc(Br)c(Cl)c1)C2. The molecule has 2 saturated heterocycles. The summed E-state index contributed by atoms with van der Waals surface area (Å²) in [7, 11) is 0. The van der Waals surface area contributed by atoms with E-state index in [0.29, 0.717) is 45.6 Å². The number of hydrogen-bond donors (Lipinski definition) is 1. The van der Waals surface area contributed by atoms with Gasteiger partial charge in [-0.3, -0.25) is 18.7 Å². The van der Waals surface area contributed by atoms with Crippen molar-refractivity contribution in [1.82, 2.24) is 19.4 Å². The molecular weight excluding hydrogens is 642 g/mol. The molecule has 1 N–H and O–H groups in total. The number of nitrogens with one attached hydrogen (secondary N) is 1. The molecule has 4 aromatic rings. The Labute approximate surface area is 269 Å². The number of carbonyl (C=O) groups is 2. The van der Waals surface area contributed by atoms with Crippen molar-refractivity contribution in [2.45, 2.75) is 51.4 Å². The van der Waals surface area contributed by atoms with Gasteiger partial charge in [0.25, 0.3) is 11.8 Å². The first-order chi connectivity index (χ1) is 21.4. The highest BCUT2D eigenvalue weighted by Crippen LogP contribution is 2.38. The van der Waals surface area contributed by atoms with Gasteiger partial charge in [-0.1, -0.05) is 41.9 Å². The van der Waals surface area contributed by atoms with Crippen LogP contribution < -0.4 is 15.9 Å². The Hall–Kier alpha value is -3.82. The molecule has 1 saturated carbocycles. The van der Waals surface area contributed by atoms with Gasteiger partial charge in [0.2, 0.25) is 0 Å². The lowest BCUT2D eigenvalue weighted by Crippen LogP contribution is -2.48. The van der Waals surface area contributed by atoms with Crippen LogP contribution in [0.5, 0.6) is 0 Å². The molecular formula is C34H33BrClN5O3. The minimum Gasteiger partial charge on any atom is -0.368 e. The van der Waals surface area contributed by atoms with Gasteiger partial charge < -0.3 is 15.1 Å². The number of hydrogen-bond acceptors (Lipinski definition) is 4. The van der Waals surface area contributed by atoms with E-state index in [4.69, 9.17) is 11.6 Å². The van der Waals surface area contributed by atoms with Gasteiger partial charge in [0.05, 0.1) is 22.9 Å². The molecule has 3 fully saturated rings. The molecule has 1 aliphatic carbocycles. The summed E-state index contributed by atoms with van der Waals surface area (Å²) < 4.78 is 3.84. The molecule has 1 aromatic heterocycles. The highest BCUT2D eigenvalue weighted by molar-refractivity contribution is 9.10. The average Bonchev–Trinajstić information content (AvgIpc) is 3.37. The number of benzene rings is 3. The van der Waals surface area contributed by atoms with Crippen LogP contribution in [0.25, 0.3) is 5.69 Å². The maximum Gasteiger partial charge on any atom is 0.333 e. The molecule has 0 radical (unpaired) electrons. The number of amides is 2. The zero-order valence-electron chi connectivity index (χ0n) is 24.2. The van der Waals surface area contributed by atoms with Crippen LogP contribution in [0.3, 0.4) is 0 Å². The zero-order valence-corrected chi connectivity index (χ0v) is 26.6. The predicted molar refractivity (Wildman–Crippen MR) is 175 cm³/mol. The van der Waals surface area contributed by atoms with Crippen LogP contribution >= 0.6 is 27.5 Å². The molecule has 3 aliphatic heterocycles. The second-order valence-corrected chi connectivity index (χ2v) is 13.2. The fourth-order valence-electron chi connectivity index (χ4n) is 6.95. The van der Waals surface area contributed by atoms with Gasteiger partial charge in [-0.25, -0.2) is 4.79 Å². The second kappa shape index (κ2) is 11.9. The van der Waals surface area contributed by atoms with E-state index in [1.54, 1.807) is 27.7 Å². The summed E-state index contributed by atoms with van der Waals surface area (Å²) in [4.78, 5) is 45.5. The van der Waals surface area contributed by atoms with Gasteiger partial charge in [-0.15, -0.1) is 0 Å². The summed E-state index contributed by atoms with van der Waals surface area (Å²) >= 11 is 9.65. The molecule has 0 atom stereocenters. The number of halogens is 2. The normalized spacial score (nSPS) is 19.1. The summed E-state index contributed by atoms with van der Waals surface area (Å²) in [6.07, 6.45) is 5.07. The molecule has 8 rings (SSSR count). The zero-order chi connectivity index (χ0) is 30.4. The Balaban J connectivity index is 1.23. The average molecular weight is 675 g/mol. The number of anilines is 1. The number of nitrogens with zero attached hydrogens (tertiary/aromatic N) is 4. The van der Waals surface area contributed by atoms with E-state index in [1.165, 1.54) is 30.3 Å². The highest BCUT2D eigenvalue weighted by atomic mass is 79.9. The molecule has 226 valence electrons.